The molecule has 31 heavy (non-hydrogen) atoms. The highest BCUT2D eigenvalue weighted by Crippen LogP contribution is 2.26. The van der Waals surface area contributed by atoms with Crippen molar-refractivity contribution in [3.8, 4) is 0 Å². The standard InChI is InChI=1S/C22H18BrN5OS2/c1-14-25-26-22(31-13-15-7-3-2-4-8-15)28(14)27-21(30)24-20(29)18-11-5-10-17-16(18)9-6-12-19(17)23/h2-12H,13H2,1H3,(H2,24,27,29,30). The first-order chi connectivity index (χ1) is 15.0. The summed E-state index contributed by atoms with van der Waals surface area (Å²) in [5.41, 5.74) is 4.74. The summed E-state index contributed by atoms with van der Waals surface area (Å²) in [7, 11) is 0. The number of halogens is 1. The molecule has 9 heteroatoms. The highest BCUT2D eigenvalue weighted by Gasteiger charge is 2.15. The van der Waals surface area contributed by atoms with Gasteiger partial charge in [0.15, 0.2) is 5.11 Å². The van der Waals surface area contributed by atoms with Gasteiger partial charge in [-0.25, -0.2) is 4.68 Å². The van der Waals surface area contributed by atoms with E-state index in [1.165, 1.54) is 17.3 Å². The van der Waals surface area contributed by atoms with E-state index in [-0.39, 0.29) is 11.0 Å². The van der Waals surface area contributed by atoms with Gasteiger partial charge in [-0.05, 0) is 47.6 Å². The Labute approximate surface area is 197 Å². The van der Waals surface area contributed by atoms with E-state index in [0.717, 1.165) is 21.0 Å². The molecule has 1 amide bonds. The molecular formula is C22H18BrN5OS2. The number of aryl methyl sites for hydroxylation is 1. The summed E-state index contributed by atoms with van der Waals surface area (Å²) >= 11 is 10.4. The van der Waals surface area contributed by atoms with E-state index in [0.29, 0.717) is 16.5 Å². The number of nitrogens with one attached hydrogen (secondary N) is 2. The predicted molar refractivity (Wildman–Crippen MR) is 132 cm³/mol. The average Bonchev–Trinajstić information content (AvgIpc) is 3.12. The van der Waals surface area contributed by atoms with E-state index in [1.807, 2.05) is 55.5 Å². The van der Waals surface area contributed by atoms with Gasteiger partial charge in [0.25, 0.3) is 5.91 Å². The highest BCUT2D eigenvalue weighted by molar-refractivity contribution is 9.10. The summed E-state index contributed by atoms with van der Waals surface area (Å²) in [5.74, 6) is 1.09. The van der Waals surface area contributed by atoms with E-state index in [2.05, 4.69) is 49.0 Å². The average molecular weight is 512 g/mol. The molecule has 0 saturated heterocycles. The SMILES string of the molecule is Cc1nnc(SCc2ccccc2)n1NC(=S)NC(=O)c1cccc2c(Br)cccc12. The minimum atomic E-state index is -0.287. The number of rotatable bonds is 5. The van der Waals surface area contributed by atoms with E-state index >= 15 is 0 Å². The van der Waals surface area contributed by atoms with E-state index < -0.39 is 0 Å². The van der Waals surface area contributed by atoms with Crippen molar-refractivity contribution in [1.82, 2.24) is 20.2 Å². The van der Waals surface area contributed by atoms with Crippen LogP contribution in [0.5, 0.6) is 0 Å². The van der Waals surface area contributed by atoms with Crippen molar-refractivity contribution >= 4 is 61.7 Å². The van der Waals surface area contributed by atoms with Gasteiger partial charge in [0.05, 0.1) is 0 Å². The van der Waals surface area contributed by atoms with Crippen molar-refractivity contribution in [3.63, 3.8) is 0 Å². The molecule has 1 heterocycles. The summed E-state index contributed by atoms with van der Waals surface area (Å²) in [6.07, 6.45) is 0. The molecule has 1 aromatic heterocycles. The number of carbonyl (C=O) groups is 1. The molecule has 0 spiro atoms. The molecule has 0 saturated carbocycles. The fourth-order valence-corrected chi connectivity index (χ4v) is 4.63. The number of aromatic nitrogens is 3. The van der Waals surface area contributed by atoms with Crippen LogP contribution in [0.15, 0.2) is 76.4 Å². The van der Waals surface area contributed by atoms with Crippen LogP contribution in [0.3, 0.4) is 0 Å². The molecule has 0 bridgehead atoms. The summed E-state index contributed by atoms with van der Waals surface area (Å²) in [5, 5.41) is 13.7. The Bertz CT molecular complexity index is 1260. The van der Waals surface area contributed by atoms with Crippen molar-refractivity contribution in [3.05, 3.63) is 88.2 Å². The number of benzene rings is 3. The summed E-state index contributed by atoms with van der Waals surface area (Å²) < 4.78 is 2.61. The van der Waals surface area contributed by atoms with Crippen molar-refractivity contribution in [2.45, 2.75) is 17.8 Å². The van der Waals surface area contributed by atoms with E-state index in [4.69, 9.17) is 12.2 Å². The van der Waals surface area contributed by atoms with Crippen molar-refractivity contribution in [2.75, 3.05) is 5.43 Å². The number of fused-ring (bicyclic) bond motifs is 1. The van der Waals surface area contributed by atoms with Crippen LogP contribution in [-0.2, 0) is 5.75 Å². The zero-order valence-electron chi connectivity index (χ0n) is 16.5. The van der Waals surface area contributed by atoms with Crippen molar-refractivity contribution < 1.29 is 4.79 Å². The van der Waals surface area contributed by atoms with Crippen LogP contribution in [0, 0.1) is 6.92 Å². The molecule has 4 aromatic rings. The van der Waals surface area contributed by atoms with Crippen LogP contribution in [0.4, 0.5) is 0 Å². The molecule has 0 atom stereocenters. The molecule has 0 aliphatic rings. The molecule has 0 radical (unpaired) electrons. The number of hydrogen-bond acceptors (Lipinski definition) is 5. The molecule has 4 rings (SSSR count). The van der Waals surface area contributed by atoms with Gasteiger partial charge >= 0.3 is 0 Å². The first kappa shape index (κ1) is 21.5. The maximum atomic E-state index is 12.9. The fourth-order valence-electron chi connectivity index (χ4n) is 3.06. The van der Waals surface area contributed by atoms with Crippen LogP contribution in [0.25, 0.3) is 10.8 Å². The molecule has 2 N–H and O–H groups in total. The first-order valence-electron chi connectivity index (χ1n) is 9.41. The van der Waals surface area contributed by atoms with Gasteiger partial charge in [0.1, 0.15) is 5.82 Å². The third-order valence-corrected chi connectivity index (χ3v) is 6.44. The van der Waals surface area contributed by atoms with Gasteiger partial charge in [0, 0.05) is 15.8 Å². The third-order valence-electron chi connectivity index (χ3n) is 4.56. The Morgan fingerprint density at radius 3 is 2.58 bits per heavy atom. The van der Waals surface area contributed by atoms with Crippen LogP contribution in [0.1, 0.15) is 21.7 Å². The summed E-state index contributed by atoms with van der Waals surface area (Å²) in [6.45, 7) is 1.82. The first-order valence-corrected chi connectivity index (χ1v) is 11.6. The van der Waals surface area contributed by atoms with Gasteiger partial charge in [-0.1, -0.05) is 82.3 Å². The van der Waals surface area contributed by atoms with Gasteiger partial charge in [0.2, 0.25) is 5.16 Å². The summed E-state index contributed by atoms with van der Waals surface area (Å²) in [4.78, 5) is 12.9. The highest BCUT2D eigenvalue weighted by atomic mass is 79.9. The largest absolute Gasteiger partial charge is 0.298 e. The molecule has 0 aliphatic carbocycles. The van der Waals surface area contributed by atoms with Gasteiger partial charge in [-0.3, -0.25) is 15.5 Å². The van der Waals surface area contributed by atoms with Crippen LogP contribution in [0.2, 0.25) is 0 Å². The van der Waals surface area contributed by atoms with Crippen LogP contribution in [-0.4, -0.2) is 25.9 Å². The number of hydrogen-bond donors (Lipinski definition) is 2. The fraction of sp³-hybridized carbons (Fsp3) is 0.0909. The summed E-state index contributed by atoms with van der Waals surface area (Å²) in [6, 6.07) is 21.4. The maximum absolute atomic E-state index is 12.9. The molecule has 0 aliphatic heterocycles. The van der Waals surface area contributed by atoms with Crippen molar-refractivity contribution in [1.29, 1.82) is 0 Å². The second-order valence-electron chi connectivity index (χ2n) is 6.68. The lowest BCUT2D eigenvalue weighted by atomic mass is 10.0. The number of amides is 1. The molecule has 0 fully saturated rings. The molecule has 0 unspecified atom stereocenters. The quantitative estimate of drug-likeness (QED) is 0.288. The molecule has 6 nitrogen and oxygen atoms in total. The van der Waals surface area contributed by atoms with Gasteiger partial charge < -0.3 is 0 Å². The number of thiocarbonyl (C=S) groups is 1. The van der Waals surface area contributed by atoms with Crippen LogP contribution >= 0.6 is 39.9 Å². The zero-order valence-corrected chi connectivity index (χ0v) is 19.7. The topological polar surface area (TPSA) is 71.8 Å². The number of carbonyl (C=O) groups excluding carboxylic acids is 1. The Balaban J connectivity index is 1.47. The minimum Gasteiger partial charge on any atom is -0.298 e. The third kappa shape index (κ3) is 4.95. The Kier molecular flexibility index (Phi) is 6.64. The smallest absolute Gasteiger partial charge is 0.258 e. The zero-order chi connectivity index (χ0) is 21.8. The Morgan fingerprint density at radius 2 is 1.77 bits per heavy atom. The second kappa shape index (κ2) is 9.59. The Morgan fingerprint density at radius 1 is 1.03 bits per heavy atom. The normalized spacial score (nSPS) is 10.8. The van der Waals surface area contributed by atoms with Crippen LogP contribution < -0.4 is 10.7 Å². The van der Waals surface area contributed by atoms with E-state index in [9.17, 15) is 4.79 Å². The minimum absolute atomic E-state index is 0.168. The molecular weight excluding hydrogens is 494 g/mol. The molecule has 156 valence electrons. The predicted octanol–water partition coefficient (Wildman–Crippen LogP) is 5.05. The number of thioether (sulfide) groups is 1. The second-order valence-corrected chi connectivity index (χ2v) is 8.88. The lowest BCUT2D eigenvalue weighted by Crippen LogP contribution is -2.38. The van der Waals surface area contributed by atoms with Gasteiger partial charge in [-0.15, -0.1) is 10.2 Å². The van der Waals surface area contributed by atoms with E-state index in [1.54, 1.807) is 10.7 Å². The Hall–Kier alpha value is -2.75. The van der Waals surface area contributed by atoms with Gasteiger partial charge in [-0.2, -0.15) is 0 Å². The lowest BCUT2D eigenvalue weighted by Gasteiger charge is -2.14. The number of nitrogens with zero attached hydrogens (tertiary/aromatic N) is 3. The van der Waals surface area contributed by atoms with Crippen molar-refractivity contribution in [2.24, 2.45) is 0 Å². The molecule has 3 aromatic carbocycles. The maximum Gasteiger partial charge on any atom is 0.258 e. The lowest BCUT2D eigenvalue weighted by molar-refractivity contribution is 0.0979. The monoisotopic (exact) mass is 511 g/mol.